The number of aliphatic hydroxyl groups is 1. The fraction of sp³-hybridized carbons (Fsp3) is 0.600. The van der Waals surface area contributed by atoms with Crippen molar-refractivity contribution in [3.63, 3.8) is 0 Å². The van der Waals surface area contributed by atoms with Gasteiger partial charge in [0.1, 0.15) is 0 Å². The van der Waals surface area contributed by atoms with Crippen LogP contribution < -0.4 is 5.32 Å². The highest BCUT2D eigenvalue weighted by atomic mass is 16.3. The molecule has 1 aromatic rings. The third-order valence-electron chi connectivity index (χ3n) is 2.99. The van der Waals surface area contributed by atoms with Crippen molar-refractivity contribution in [1.29, 1.82) is 0 Å². The van der Waals surface area contributed by atoms with Crippen LogP contribution in [-0.4, -0.2) is 48.9 Å². The lowest BCUT2D eigenvalue weighted by Crippen LogP contribution is -2.32. The Labute approximate surface area is 155 Å². The van der Waals surface area contributed by atoms with E-state index in [9.17, 15) is 9.90 Å². The first-order valence-corrected chi connectivity index (χ1v) is 7.41. The average molecular weight is 354 g/mol. The molecule has 5 nitrogen and oxygen atoms in total. The third-order valence-corrected chi connectivity index (χ3v) is 2.99. The van der Waals surface area contributed by atoms with Crippen molar-refractivity contribution in [3.8, 4) is 0 Å². The lowest BCUT2D eigenvalue weighted by Gasteiger charge is -2.16. The molecule has 2 rings (SSSR count). The molecule has 2 atom stereocenters. The normalized spacial score (nSPS) is 16.8. The first-order chi connectivity index (χ1) is 10.2. The van der Waals surface area contributed by atoms with Gasteiger partial charge in [-0.05, 0) is 58.3 Å². The lowest BCUT2D eigenvalue weighted by atomic mass is 10.1. The van der Waals surface area contributed by atoms with E-state index in [2.05, 4.69) is 10.3 Å². The van der Waals surface area contributed by atoms with Crippen molar-refractivity contribution in [1.82, 2.24) is 10.2 Å². The summed E-state index contributed by atoms with van der Waals surface area (Å²) in [6, 6.07) is 5.54. The van der Waals surface area contributed by atoms with Gasteiger partial charge in [0.15, 0.2) is 0 Å². The SMILES string of the molecule is C.C.C.CC(=O)N[C@@H]1c2cc(N=C(C)C)ccc2C[C@H]1O.CN(C)C. The molecule has 0 unspecified atom stereocenters. The Morgan fingerprint density at radius 1 is 1.16 bits per heavy atom. The lowest BCUT2D eigenvalue weighted by molar-refractivity contribution is -0.120. The molecule has 0 aliphatic heterocycles. The van der Waals surface area contributed by atoms with Crippen molar-refractivity contribution < 1.29 is 9.90 Å². The number of amides is 1. The second-order valence-electron chi connectivity index (χ2n) is 6.23. The highest BCUT2D eigenvalue weighted by molar-refractivity contribution is 5.82. The van der Waals surface area contributed by atoms with Crippen molar-refractivity contribution in [2.24, 2.45) is 4.99 Å². The second kappa shape index (κ2) is 12.6. The van der Waals surface area contributed by atoms with Crippen LogP contribution in [0.3, 0.4) is 0 Å². The molecule has 0 bridgehead atoms. The standard InChI is InChI=1S/C14H18N2O2.C3H9N.3CH4/c1-8(2)15-11-5-4-10-6-13(18)14(12(10)7-11)16-9(3)17;1-4(2)3;;;/h4-5,7,13-14,18H,6H2,1-3H3,(H,16,17);1-3H3;3*1H4/t13-,14-;;;;/m1..../s1. The maximum Gasteiger partial charge on any atom is 0.217 e. The molecule has 5 heteroatoms. The molecule has 1 aromatic carbocycles. The quantitative estimate of drug-likeness (QED) is 0.791. The van der Waals surface area contributed by atoms with E-state index >= 15 is 0 Å². The number of hydrogen-bond acceptors (Lipinski definition) is 4. The van der Waals surface area contributed by atoms with Crippen LogP contribution >= 0.6 is 0 Å². The van der Waals surface area contributed by atoms with Gasteiger partial charge in [0.05, 0.1) is 17.8 Å². The van der Waals surface area contributed by atoms with Crippen LogP contribution in [0, 0.1) is 0 Å². The van der Waals surface area contributed by atoms with E-state index in [1.807, 2.05) is 58.1 Å². The molecule has 25 heavy (non-hydrogen) atoms. The minimum Gasteiger partial charge on any atom is -0.390 e. The van der Waals surface area contributed by atoms with Gasteiger partial charge in [-0.25, -0.2) is 0 Å². The number of aliphatic hydroxyl groups excluding tert-OH is 1. The molecule has 0 heterocycles. The molecule has 1 aliphatic carbocycles. The minimum atomic E-state index is -0.550. The molecule has 0 fully saturated rings. The molecule has 0 spiro atoms. The Bertz CT molecular complexity index is 547. The first-order valence-electron chi connectivity index (χ1n) is 7.41. The number of carbonyl (C=O) groups is 1. The molecular weight excluding hydrogens is 314 g/mol. The number of carbonyl (C=O) groups excluding carboxylic acids is 1. The minimum absolute atomic E-state index is 0. The Balaban J connectivity index is -0.000000629. The van der Waals surface area contributed by atoms with Crippen LogP contribution in [0.25, 0.3) is 0 Å². The zero-order chi connectivity index (χ0) is 16.9. The van der Waals surface area contributed by atoms with Gasteiger partial charge >= 0.3 is 0 Å². The number of fused-ring (bicyclic) bond motifs is 1. The van der Waals surface area contributed by atoms with Crippen LogP contribution in [0.2, 0.25) is 0 Å². The predicted molar refractivity (Wildman–Crippen MR) is 111 cm³/mol. The molecule has 0 radical (unpaired) electrons. The number of aliphatic imine (C=N–C) groups is 1. The summed E-state index contributed by atoms with van der Waals surface area (Å²) in [6.07, 6.45) is 0.0286. The predicted octanol–water partition coefficient (Wildman–Crippen LogP) is 3.98. The zero-order valence-electron chi connectivity index (χ0n) is 14.3. The van der Waals surface area contributed by atoms with Crippen LogP contribution in [-0.2, 0) is 11.2 Å². The summed E-state index contributed by atoms with van der Waals surface area (Å²) in [7, 11) is 6.00. The summed E-state index contributed by atoms with van der Waals surface area (Å²) in [5, 5.41) is 12.8. The molecule has 2 N–H and O–H groups in total. The van der Waals surface area contributed by atoms with Crippen LogP contribution in [0.5, 0.6) is 0 Å². The van der Waals surface area contributed by atoms with Crippen molar-refractivity contribution in [2.75, 3.05) is 21.1 Å². The van der Waals surface area contributed by atoms with E-state index in [4.69, 9.17) is 0 Å². The van der Waals surface area contributed by atoms with E-state index in [0.717, 1.165) is 22.5 Å². The molecule has 1 aliphatic rings. The summed E-state index contributed by atoms with van der Waals surface area (Å²) >= 11 is 0. The molecule has 0 aromatic heterocycles. The van der Waals surface area contributed by atoms with Gasteiger partial charge in [0.2, 0.25) is 5.91 Å². The molecule has 146 valence electrons. The Kier molecular flexibility index (Phi) is 14.2. The highest BCUT2D eigenvalue weighted by Crippen LogP contribution is 2.34. The molecular formula is C20H39N3O2. The van der Waals surface area contributed by atoms with E-state index < -0.39 is 6.10 Å². The Morgan fingerprint density at radius 2 is 1.68 bits per heavy atom. The molecule has 1 amide bonds. The fourth-order valence-corrected chi connectivity index (χ4v) is 2.33. The first kappa shape index (κ1) is 28.1. The van der Waals surface area contributed by atoms with Crippen LogP contribution in [0.15, 0.2) is 23.2 Å². The number of rotatable bonds is 2. The zero-order valence-corrected chi connectivity index (χ0v) is 14.3. The van der Waals surface area contributed by atoms with Gasteiger partial charge in [0.25, 0.3) is 0 Å². The van der Waals surface area contributed by atoms with E-state index in [1.165, 1.54) is 6.92 Å². The van der Waals surface area contributed by atoms with Gasteiger partial charge in [-0.15, -0.1) is 0 Å². The Hall–Kier alpha value is -1.72. The molecule has 0 saturated heterocycles. The monoisotopic (exact) mass is 353 g/mol. The van der Waals surface area contributed by atoms with E-state index in [1.54, 1.807) is 0 Å². The average Bonchev–Trinajstić information content (AvgIpc) is 2.64. The largest absolute Gasteiger partial charge is 0.390 e. The maximum atomic E-state index is 11.2. The smallest absolute Gasteiger partial charge is 0.217 e. The van der Waals surface area contributed by atoms with E-state index in [-0.39, 0.29) is 34.2 Å². The topological polar surface area (TPSA) is 64.9 Å². The molecule has 0 saturated carbocycles. The number of nitrogens with zero attached hydrogens (tertiary/aromatic N) is 2. The van der Waals surface area contributed by atoms with Crippen molar-refractivity contribution in [3.05, 3.63) is 29.3 Å². The third kappa shape index (κ3) is 9.37. The Morgan fingerprint density at radius 3 is 2.12 bits per heavy atom. The summed E-state index contributed by atoms with van der Waals surface area (Å²) in [5.41, 5.74) is 3.89. The van der Waals surface area contributed by atoms with Crippen LogP contribution in [0.1, 0.15) is 60.2 Å². The van der Waals surface area contributed by atoms with Gasteiger partial charge in [-0.3, -0.25) is 9.79 Å². The van der Waals surface area contributed by atoms with E-state index in [0.29, 0.717) is 6.42 Å². The van der Waals surface area contributed by atoms with Crippen molar-refractivity contribution in [2.45, 2.75) is 61.6 Å². The number of hydrogen-bond donors (Lipinski definition) is 2. The summed E-state index contributed by atoms with van der Waals surface area (Å²) in [5.74, 6) is -0.132. The fourth-order valence-electron chi connectivity index (χ4n) is 2.33. The van der Waals surface area contributed by atoms with Gasteiger partial charge in [-0.2, -0.15) is 0 Å². The number of nitrogens with one attached hydrogen (secondary N) is 1. The summed E-state index contributed by atoms with van der Waals surface area (Å²) in [6.45, 7) is 5.34. The number of benzene rings is 1. The van der Waals surface area contributed by atoms with Crippen LogP contribution in [0.4, 0.5) is 5.69 Å². The van der Waals surface area contributed by atoms with Crippen molar-refractivity contribution >= 4 is 17.3 Å². The summed E-state index contributed by atoms with van der Waals surface area (Å²) < 4.78 is 0. The maximum absolute atomic E-state index is 11.2. The summed E-state index contributed by atoms with van der Waals surface area (Å²) in [4.78, 5) is 17.6. The van der Waals surface area contributed by atoms with Gasteiger partial charge in [0, 0.05) is 19.1 Å². The van der Waals surface area contributed by atoms with Gasteiger partial charge in [-0.1, -0.05) is 28.3 Å². The second-order valence-corrected chi connectivity index (χ2v) is 6.23. The van der Waals surface area contributed by atoms with Gasteiger partial charge < -0.3 is 15.3 Å². The highest BCUT2D eigenvalue weighted by Gasteiger charge is 2.31.